The lowest BCUT2D eigenvalue weighted by molar-refractivity contribution is -0.0611. The van der Waals surface area contributed by atoms with Crippen LogP contribution in [0, 0.1) is 13.8 Å². The van der Waals surface area contributed by atoms with E-state index in [1.165, 1.54) is 29.5 Å². The topological polar surface area (TPSA) is 30.5 Å². The Balaban J connectivity index is 2.43. The summed E-state index contributed by atoms with van der Waals surface area (Å²) in [7, 11) is 3.78. The number of rotatable bonds is 6. The van der Waals surface area contributed by atoms with Gasteiger partial charge >= 0.3 is 0 Å². The fourth-order valence-electron chi connectivity index (χ4n) is 3.82. The second kappa shape index (κ2) is 6.80. The van der Waals surface area contributed by atoms with Gasteiger partial charge in [0.2, 0.25) is 0 Å². The van der Waals surface area contributed by atoms with Crippen molar-refractivity contribution in [3.05, 3.63) is 28.8 Å². The Morgan fingerprint density at radius 2 is 1.86 bits per heavy atom. The van der Waals surface area contributed by atoms with Gasteiger partial charge in [-0.15, -0.1) is 0 Å². The molecule has 1 unspecified atom stereocenters. The first-order chi connectivity index (χ1) is 10.1. The third kappa shape index (κ3) is 3.09. The maximum absolute atomic E-state index is 6.26. The van der Waals surface area contributed by atoms with Gasteiger partial charge in [-0.3, -0.25) is 0 Å². The Labute approximate surface area is 129 Å². The summed E-state index contributed by atoms with van der Waals surface area (Å²) in [4.78, 5) is 0. The molecule has 2 rings (SSSR count). The van der Waals surface area contributed by atoms with Crippen molar-refractivity contribution in [2.75, 3.05) is 20.8 Å². The highest BCUT2D eigenvalue weighted by atomic mass is 16.5. The van der Waals surface area contributed by atoms with E-state index in [4.69, 9.17) is 9.47 Å². The first kappa shape index (κ1) is 16.3. The number of nitrogens with one attached hydrogen (secondary N) is 1. The molecule has 1 aliphatic rings. The average molecular weight is 291 g/mol. The van der Waals surface area contributed by atoms with E-state index in [1.807, 2.05) is 7.05 Å². The van der Waals surface area contributed by atoms with Crippen molar-refractivity contribution in [1.29, 1.82) is 0 Å². The molecule has 118 valence electrons. The van der Waals surface area contributed by atoms with Gasteiger partial charge < -0.3 is 14.8 Å². The molecule has 1 aromatic carbocycles. The molecule has 0 bridgehead atoms. The number of methoxy groups -OCH3 is 1. The van der Waals surface area contributed by atoms with Crippen molar-refractivity contribution in [3.8, 4) is 5.75 Å². The summed E-state index contributed by atoms with van der Waals surface area (Å²) in [5.74, 6) is 0.961. The molecule has 0 aromatic heterocycles. The lowest BCUT2D eigenvalue weighted by atomic mass is 9.84. The fourth-order valence-corrected chi connectivity index (χ4v) is 3.82. The summed E-state index contributed by atoms with van der Waals surface area (Å²) < 4.78 is 11.7. The number of likely N-dealkylation sites (N-methyl/N-ethyl adjacent to an activating group) is 1. The molecule has 1 fully saturated rings. The lowest BCUT2D eigenvalue weighted by Crippen LogP contribution is -2.43. The molecule has 1 atom stereocenters. The standard InChI is InChI=1S/C18H29NO2/c1-6-21-18(9-7-8-10-18)17(19-4)15-11-14(3)16(20-5)12-13(15)2/h11-12,17,19H,6-10H2,1-5H3. The summed E-state index contributed by atoms with van der Waals surface area (Å²) in [5.41, 5.74) is 3.73. The summed E-state index contributed by atoms with van der Waals surface area (Å²) in [5, 5.41) is 3.53. The molecular formula is C18H29NO2. The van der Waals surface area contributed by atoms with Crippen molar-refractivity contribution in [3.63, 3.8) is 0 Å². The van der Waals surface area contributed by atoms with Crippen molar-refractivity contribution in [1.82, 2.24) is 5.32 Å². The maximum Gasteiger partial charge on any atom is 0.122 e. The van der Waals surface area contributed by atoms with Gasteiger partial charge in [-0.1, -0.05) is 18.9 Å². The summed E-state index contributed by atoms with van der Waals surface area (Å²) in [6.07, 6.45) is 4.78. The average Bonchev–Trinajstić information content (AvgIpc) is 2.92. The third-order valence-corrected chi connectivity index (χ3v) is 4.79. The van der Waals surface area contributed by atoms with Gasteiger partial charge in [0, 0.05) is 6.61 Å². The van der Waals surface area contributed by atoms with Crippen LogP contribution >= 0.6 is 0 Å². The Morgan fingerprint density at radius 3 is 2.38 bits per heavy atom. The molecule has 0 heterocycles. The van der Waals surface area contributed by atoms with Crippen LogP contribution in [0.1, 0.15) is 55.3 Å². The zero-order valence-corrected chi connectivity index (χ0v) is 14.1. The summed E-state index contributed by atoms with van der Waals surface area (Å²) in [6.45, 7) is 7.14. The van der Waals surface area contributed by atoms with Crippen LogP contribution in [-0.4, -0.2) is 26.4 Å². The van der Waals surface area contributed by atoms with E-state index < -0.39 is 0 Å². The van der Waals surface area contributed by atoms with Crippen LogP contribution in [0.3, 0.4) is 0 Å². The van der Waals surface area contributed by atoms with Gasteiger partial charge in [0.15, 0.2) is 0 Å². The van der Waals surface area contributed by atoms with Crippen LogP contribution in [0.15, 0.2) is 12.1 Å². The number of benzene rings is 1. The van der Waals surface area contributed by atoms with E-state index in [0.29, 0.717) is 0 Å². The minimum absolute atomic E-state index is 0.0602. The zero-order chi connectivity index (χ0) is 15.5. The monoisotopic (exact) mass is 291 g/mol. The first-order valence-electron chi connectivity index (χ1n) is 8.04. The number of aryl methyl sites for hydroxylation is 2. The molecule has 1 aromatic rings. The van der Waals surface area contributed by atoms with E-state index in [0.717, 1.165) is 25.2 Å². The Morgan fingerprint density at radius 1 is 1.19 bits per heavy atom. The molecule has 1 N–H and O–H groups in total. The number of hydrogen-bond acceptors (Lipinski definition) is 3. The lowest BCUT2D eigenvalue weighted by Gasteiger charge is -2.38. The highest BCUT2D eigenvalue weighted by Gasteiger charge is 2.42. The Bertz CT molecular complexity index is 478. The normalized spacial score (nSPS) is 18.7. The van der Waals surface area contributed by atoms with Gasteiger partial charge in [-0.05, 0) is 63.4 Å². The predicted octanol–water partition coefficient (Wildman–Crippen LogP) is 3.92. The van der Waals surface area contributed by atoms with Crippen LogP contribution in [-0.2, 0) is 4.74 Å². The maximum atomic E-state index is 6.26. The highest BCUT2D eigenvalue weighted by molar-refractivity contribution is 5.43. The van der Waals surface area contributed by atoms with E-state index >= 15 is 0 Å². The van der Waals surface area contributed by atoms with E-state index in [-0.39, 0.29) is 11.6 Å². The molecule has 3 heteroatoms. The molecule has 0 amide bonds. The molecule has 0 spiro atoms. The first-order valence-corrected chi connectivity index (χ1v) is 8.04. The molecule has 1 aliphatic carbocycles. The molecule has 3 nitrogen and oxygen atoms in total. The zero-order valence-electron chi connectivity index (χ0n) is 14.1. The summed E-state index contributed by atoms with van der Waals surface area (Å²) >= 11 is 0. The van der Waals surface area contributed by atoms with Gasteiger partial charge in [0.1, 0.15) is 5.75 Å². The largest absolute Gasteiger partial charge is 0.496 e. The minimum atomic E-state index is -0.0602. The quantitative estimate of drug-likeness (QED) is 0.861. The second-order valence-corrected chi connectivity index (χ2v) is 6.10. The van der Waals surface area contributed by atoms with E-state index in [9.17, 15) is 0 Å². The Kier molecular flexibility index (Phi) is 5.28. The molecule has 0 saturated heterocycles. The molecule has 1 saturated carbocycles. The molecule has 0 aliphatic heterocycles. The van der Waals surface area contributed by atoms with Crippen molar-refractivity contribution in [2.24, 2.45) is 0 Å². The SMILES string of the molecule is CCOC1(C(NC)c2cc(C)c(OC)cc2C)CCCC1. The fraction of sp³-hybridized carbons (Fsp3) is 0.667. The van der Waals surface area contributed by atoms with Gasteiger partial charge in [0.05, 0.1) is 18.8 Å². The van der Waals surface area contributed by atoms with Gasteiger partial charge in [-0.25, -0.2) is 0 Å². The predicted molar refractivity (Wildman–Crippen MR) is 87.1 cm³/mol. The van der Waals surface area contributed by atoms with Crippen LogP contribution in [0.25, 0.3) is 0 Å². The van der Waals surface area contributed by atoms with Crippen molar-refractivity contribution < 1.29 is 9.47 Å². The molecular weight excluding hydrogens is 262 g/mol. The summed E-state index contributed by atoms with van der Waals surface area (Å²) in [6, 6.07) is 4.64. The van der Waals surface area contributed by atoms with Crippen LogP contribution in [0.2, 0.25) is 0 Å². The van der Waals surface area contributed by atoms with Crippen molar-refractivity contribution >= 4 is 0 Å². The van der Waals surface area contributed by atoms with Gasteiger partial charge in [-0.2, -0.15) is 0 Å². The number of ether oxygens (including phenoxy) is 2. The van der Waals surface area contributed by atoms with E-state index in [1.54, 1.807) is 7.11 Å². The van der Waals surface area contributed by atoms with Crippen LogP contribution in [0.5, 0.6) is 5.75 Å². The van der Waals surface area contributed by atoms with Crippen LogP contribution < -0.4 is 10.1 Å². The minimum Gasteiger partial charge on any atom is -0.496 e. The smallest absolute Gasteiger partial charge is 0.122 e. The van der Waals surface area contributed by atoms with Crippen molar-refractivity contribution in [2.45, 2.75) is 58.1 Å². The number of hydrogen-bond donors (Lipinski definition) is 1. The molecule has 0 radical (unpaired) electrons. The highest BCUT2D eigenvalue weighted by Crippen LogP contribution is 2.44. The van der Waals surface area contributed by atoms with E-state index in [2.05, 4.69) is 38.2 Å². The van der Waals surface area contributed by atoms with Gasteiger partial charge in [0.25, 0.3) is 0 Å². The third-order valence-electron chi connectivity index (χ3n) is 4.79. The second-order valence-electron chi connectivity index (χ2n) is 6.10. The van der Waals surface area contributed by atoms with Crippen LogP contribution in [0.4, 0.5) is 0 Å². The Hall–Kier alpha value is -1.06. The molecule has 21 heavy (non-hydrogen) atoms.